The molecule has 2 rings (SSSR count). The van der Waals surface area contributed by atoms with Gasteiger partial charge in [-0.1, -0.05) is 45.7 Å². The number of benzene rings is 2. The van der Waals surface area contributed by atoms with Gasteiger partial charge in [0.25, 0.3) is 0 Å². The van der Waals surface area contributed by atoms with Crippen LogP contribution in [0.5, 0.6) is 0 Å². The van der Waals surface area contributed by atoms with Gasteiger partial charge in [0.15, 0.2) is 0 Å². The predicted octanol–water partition coefficient (Wildman–Crippen LogP) is 4.37. The SMILES string of the molecule is O=C(CCc1ccccc1Br)Nc1cc(Cl)ccc1C(=O)O. The molecule has 6 heteroatoms. The van der Waals surface area contributed by atoms with E-state index in [1.165, 1.54) is 18.2 Å². The summed E-state index contributed by atoms with van der Waals surface area (Å²) in [5.74, 6) is -1.38. The first-order chi connectivity index (χ1) is 10.5. The molecule has 2 aromatic carbocycles. The van der Waals surface area contributed by atoms with Gasteiger partial charge in [-0.3, -0.25) is 4.79 Å². The third-order valence-corrected chi connectivity index (χ3v) is 4.07. The molecule has 0 spiro atoms. The van der Waals surface area contributed by atoms with E-state index in [9.17, 15) is 9.59 Å². The zero-order valence-corrected chi connectivity index (χ0v) is 13.8. The average molecular weight is 383 g/mol. The van der Waals surface area contributed by atoms with Crippen molar-refractivity contribution in [3.05, 3.63) is 63.1 Å². The van der Waals surface area contributed by atoms with Gasteiger partial charge in [0.2, 0.25) is 5.91 Å². The van der Waals surface area contributed by atoms with Gasteiger partial charge in [0.1, 0.15) is 0 Å². The van der Waals surface area contributed by atoms with Crippen molar-refractivity contribution in [3.8, 4) is 0 Å². The smallest absolute Gasteiger partial charge is 0.337 e. The monoisotopic (exact) mass is 381 g/mol. The van der Waals surface area contributed by atoms with Crippen molar-refractivity contribution in [2.75, 3.05) is 5.32 Å². The Kier molecular flexibility index (Phi) is 5.57. The van der Waals surface area contributed by atoms with E-state index in [4.69, 9.17) is 16.7 Å². The summed E-state index contributed by atoms with van der Waals surface area (Å²) < 4.78 is 0.941. The summed E-state index contributed by atoms with van der Waals surface area (Å²) in [5.41, 5.74) is 1.23. The number of hydrogen-bond donors (Lipinski definition) is 2. The maximum absolute atomic E-state index is 12.0. The van der Waals surface area contributed by atoms with Crippen LogP contribution in [0.4, 0.5) is 5.69 Å². The van der Waals surface area contributed by atoms with Gasteiger partial charge < -0.3 is 10.4 Å². The van der Waals surface area contributed by atoms with E-state index in [2.05, 4.69) is 21.2 Å². The van der Waals surface area contributed by atoms with Crippen LogP contribution in [0.3, 0.4) is 0 Å². The van der Waals surface area contributed by atoms with Crippen LogP contribution in [-0.2, 0) is 11.2 Å². The van der Waals surface area contributed by atoms with Crippen LogP contribution in [0.2, 0.25) is 5.02 Å². The number of amides is 1. The largest absolute Gasteiger partial charge is 0.478 e. The zero-order chi connectivity index (χ0) is 16.1. The Labute approximate surface area is 141 Å². The summed E-state index contributed by atoms with van der Waals surface area (Å²) in [6, 6.07) is 11.9. The molecule has 4 nitrogen and oxygen atoms in total. The van der Waals surface area contributed by atoms with E-state index in [0.29, 0.717) is 11.4 Å². The van der Waals surface area contributed by atoms with Crippen molar-refractivity contribution in [1.82, 2.24) is 0 Å². The van der Waals surface area contributed by atoms with E-state index < -0.39 is 5.97 Å². The number of carbonyl (C=O) groups is 2. The fraction of sp³-hybridized carbons (Fsp3) is 0.125. The lowest BCUT2D eigenvalue weighted by atomic mass is 10.1. The van der Waals surface area contributed by atoms with Crippen LogP contribution < -0.4 is 5.32 Å². The fourth-order valence-corrected chi connectivity index (χ4v) is 2.62. The summed E-state index contributed by atoms with van der Waals surface area (Å²) in [6.07, 6.45) is 0.796. The number of anilines is 1. The van der Waals surface area contributed by atoms with Gasteiger partial charge in [0, 0.05) is 15.9 Å². The zero-order valence-electron chi connectivity index (χ0n) is 11.5. The van der Waals surface area contributed by atoms with Crippen LogP contribution in [0.1, 0.15) is 22.3 Å². The molecule has 0 atom stereocenters. The molecule has 2 aromatic rings. The minimum Gasteiger partial charge on any atom is -0.478 e. The van der Waals surface area contributed by atoms with E-state index >= 15 is 0 Å². The second kappa shape index (κ2) is 7.42. The molecule has 0 saturated carbocycles. The molecule has 0 bridgehead atoms. The first-order valence-electron chi connectivity index (χ1n) is 6.53. The topological polar surface area (TPSA) is 66.4 Å². The molecule has 0 unspecified atom stereocenters. The molecule has 0 heterocycles. The molecule has 0 aromatic heterocycles. The van der Waals surface area contributed by atoms with Crippen molar-refractivity contribution >= 4 is 45.1 Å². The number of halogens is 2. The highest BCUT2D eigenvalue weighted by Crippen LogP contribution is 2.22. The number of aromatic carboxylic acids is 1. The van der Waals surface area contributed by atoms with Crippen molar-refractivity contribution in [3.63, 3.8) is 0 Å². The number of carboxylic acid groups (broad SMARTS) is 1. The van der Waals surface area contributed by atoms with Crippen LogP contribution >= 0.6 is 27.5 Å². The molecular weight excluding hydrogens is 370 g/mol. The molecule has 22 heavy (non-hydrogen) atoms. The Hall–Kier alpha value is -1.85. The molecule has 0 aliphatic heterocycles. The highest BCUT2D eigenvalue weighted by Gasteiger charge is 2.13. The molecule has 0 aliphatic rings. The van der Waals surface area contributed by atoms with Gasteiger partial charge in [-0.05, 0) is 36.2 Å². The number of nitrogens with one attached hydrogen (secondary N) is 1. The Bertz CT molecular complexity index is 718. The van der Waals surface area contributed by atoms with E-state index in [1.54, 1.807) is 0 Å². The maximum atomic E-state index is 12.0. The van der Waals surface area contributed by atoms with Crippen molar-refractivity contribution in [2.24, 2.45) is 0 Å². The van der Waals surface area contributed by atoms with Crippen LogP contribution in [0, 0.1) is 0 Å². The summed E-state index contributed by atoms with van der Waals surface area (Å²) in [7, 11) is 0. The number of rotatable bonds is 5. The molecule has 0 saturated heterocycles. The van der Waals surface area contributed by atoms with Crippen molar-refractivity contribution in [1.29, 1.82) is 0 Å². The first-order valence-corrected chi connectivity index (χ1v) is 7.70. The lowest BCUT2D eigenvalue weighted by molar-refractivity contribution is -0.116. The Morgan fingerprint density at radius 1 is 1.18 bits per heavy atom. The van der Waals surface area contributed by atoms with Crippen LogP contribution in [0.15, 0.2) is 46.9 Å². The maximum Gasteiger partial charge on any atom is 0.337 e. The van der Waals surface area contributed by atoms with Gasteiger partial charge in [0.05, 0.1) is 11.3 Å². The summed E-state index contributed by atoms with van der Waals surface area (Å²) in [4.78, 5) is 23.2. The molecule has 0 aliphatic carbocycles. The second-order valence-electron chi connectivity index (χ2n) is 4.63. The molecule has 0 fully saturated rings. The Morgan fingerprint density at radius 2 is 1.91 bits per heavy atom. The predicted molar refractivity (Wildman–Crippen MR) is 89.5 cm³/mol. The summed E-state index contributed by atoms with van der Waals surface area (Å²) in [6.45, 7) is 0. The summed E-state index contributed by atoms with van der Waals surface area (Å²) in [5, 5.41) is 12.1. The Morgan fingerprint density at radius 3 is 2.59 bits per heavy atom. The molecular formula is C16H13BrClNO3. The number of carboxylic acids is 1. The van der Waals surface area contributed by atoms with E-state index in [0.717, 1.165) is 10.0 Å². The van der Waals surface area contributed by atoms with Crippen LogP contribution in [-0.4, -0.2) is 17.0 Å². The van der Waals surface area contributed by atoms with Gasteiger partial charge >= 0.3 is 5.97 Å². The quantitative estimate of drug-likeness (QED) is 0.807. The van der Waals surface area contributed by atoms with E-state index in [1.807, 2.05) is 24.3 Å². The van der Waals surface area contributed by atoms with Crippen molar-refractivity contribution < 1.29 is 14.7 Å². The molecule has 114 valence electrons. The summed E-state index contributed by atoms with van der Waals surface area (Å²) >= 11 is 9.27. The third-order valence-electron chi connectivity index (χ3n) is 3.07. The molecule has 2 N–H and O–H groups in total. The third kappa shape index (κ3) is 4.32. The highest BCUT2D eigenvalue weighted by molar-refractivity contribution is 9.10. The lowest BCUT2D eigenvalue weighted by Gasteiger charge is -2.09. The van der Waals surface area contributed by atoms with Crippen molar-refractivity contribution in [2.45, 2.75) is 12.8 Å². The normalized spacial score (nSPS) is 10.3. The lowest BCUT2D eigenvalue weighted by Crippen LogP contribution is -2.15. The second-order valence-corrected chi connectivity index (χ2v) is 5.93. The molecule has 1 amide bonds. The fourth-order valence-electron chi connectivity index (χ4n) is 1.97. The average Bonchev–Trinajstić information content (AvgIpc) is 2.46. The van der Waals surface area contributed by atoms with Crippen LogP contribution in [0.25, 0.3) is 0 Å². The standard InChI is InChI=1S/C16H13BrClNO3/c17-13-4-2-1-3-10(13)5-8-15(20)19-14-9-11(18)6-7-12(14)16(21)22/h1-4,6-7,9H,5,8H2,(H,19,20)(H,21,22). The first kappa shape index (κ1) is 16.5. The van der Waals surface area contributed by atoms with Gasteiger partial charge in [-0.15, -0.1) is 0 Å². The Balaban J connectivity index is 2.05. The van der Waals surface area contributed by atoms with Gasteiger partial charge in [-0.25, -0.2) is 4.79 Å². The number of carbonyl (C=O) groups excluding carboxylic acids is 1. The number of aryl methyl sites for hydroxylation is 1. The van der Waals surface area contributed by atoms with Gasteiger partial charge in [-0.2, -0.15) is 0 Å². The highest BCUT2D eigenvalue weighted by atomic mass is 79.9. The molecule has 0 radical (unpaired) electrons. The minimum absolute atomic E-state index is 0.0126. The number of hydrogen-bond acceptors (Lipinski definition) is 2. The minimum atomic E-state index is -1.11. The van der Waals surface area contributed by atoms with E-state index in [-0.39, 0.29) is 23.6 Å².